The summed E-state index contributed by atoms with van der Waals surface area (Å²) in [6.07, 6.45) is 3.29. The predicted octanol–water partition coefficient (Wildman–Crippen LogP) is 2.71. The lowest BCUT2D eigenvalue weighted by atomic mass is 9.82. The van der Waals surface area contributed by atoms with Crippen molar-refractivity contribution in [1.29, 1.82) is 0 Å². The number of halogens is 1. The number of aromatic nitrogens is 1. The molecular formula is C11H12ClNO3. The first-order valence-electron chi connectivity index (χ1n) is 5.11. The number of aromatic carboxylic acids is 1. The standard InChI is InChI=1S/C11H12ClNO3/c1-16-10-7(11(14)15)5-8(12)9(13-10)6-3-2-4-6/h5-6H,2-4H2,1H3,(H,14,15). The number of carbonyl (C=O) groups is 1. The summed E-state index contributed by atoms with van der Waals surface area (Å²) in [5, 5.41) is 9.36. The van der Waals surface area contributed by atoms with Gasteiger partial charge in [-0.2, -0.15) is 0 Å². The molecule has 1 aliphatic carbocycles. The normalized spacial score (nSPS) is 15.6. The second kappa shape index (κ2) is 4.29. The van der Waals surface area contributed by atoms with Gasteiger partial charge in [-0.25, -0.2) is 9.78 Å². The van der Waals surface area contributed by atoms with Crippen molar-refractivity contribution in [2.45, 2.75) is 25.2 Å². The predicted molar refractivity (Wildman–Crippen MR) is 59.4 cm³/mol. The summed E-state index contributed by atoms with van der Waals surface area (Å²) in [6.45, 7) is 0. The molecule has 5 heteroatoms. The molecule has 1 aliphatic rings. The molecule has 1 heterocycles. The fourth-order valence-electron chi connectivity index (χ4n) is 1.76. The van der Waals surface area contributed by atoms with Crippen molar-refractivity contribution in [3.63, 3.8) is 0 Å². The summed E-state index contributed by atoms with van der Waals surface area (Å²) in [5.74, 6) is -0.588. The van der Waals surface area contributed by atoms with E-state index in [9.17, 15) is 4.79 Å². The zero-order valence-electron chi connectivity index (χ0n) is 8.86. The van der Waals surface area contributed by atoms with Crippen LogP contribution in [-0.4, -0.2) is 23.2 Å². The van der Waals surface area contributed by atoms with Crippen molar-refractivity contribution in [3.8, 4) is 5.88 Å². The first kappa shape index (κ1) is 11.2. The second-order valence-corrected chi connectivity index (χ2v) is 4.25. The Balaban J connectivity index is 2.45. The molecule has 1 N–H and O–H groups in total. The van der Waals surface area contributed by atoms with Gasteiger partial charge < -0.3 is 9.84 Å². The maximum Gasteiger partial charge on any atom is 0.341 e. The molecule has 0 atom stereocenters. The largest absolute Gasteiger partial charge is 0.480 e. The Kier molecular flexibility index (Phi) is 3.01. The van der Waals surface area contributed by atoms with Crippen molar-refractivity contribution in [1.82, 2.24) is 4.98 Å². The van der Waals surface area contributed by atoms with E-state index in [1.54, 1.807) is 0 Å². The van der Waals surface area contributed by atoms with E-state index in [2.05, 4.69) is 4.98 Å². The van der Waals surface area contributed by atoms with E-state index in [1.807, 2.05) is 0 Å². The van der Waals surface area contributed by atoms with Gasteiger partial charge in [0.2, 0.25) is 5.88 Å². The van der Waals surface area contributed by atoms with E-state index in [-0.39, 0.29) is 11.4 Å². The van der Waals surface area contributed by atoms with Gasteiger partial charge in [-0.1, -0.05) is 18.0 Å². The lowest BCUT2D eigenvalue weighted by Gasteiger charge is -2.26. The third-order valence-corrected chi connectivity index (χ3v) is 3.19. The monoisotopic (exact) mass is 241 g/mol. The average molecular weight is 242 g/mol. The highest BCUT2D eigenvalue weighted by Crippen LogP contribution is 2.40. The number of rotatable bonds is 3. The van der Waals surface area contributed by atoms with Crippen LogP contribution in [0.15, 0.2) is 6.07 Å². The summed E-state index contributed by atoms with van der Waals surface area (Å²) in [4.78, 5) is 15.1. The summed E-state index contributed by atoms with van der Waals surface area (Å²) < 4.78 is 4.97. The third-order valence-electron chi connectivity index (χ3n) is 2.88. The molecule has 0 saturated heterocycles. The van der Waals surface area contributed by atoms with Crippen molar-refractivity contribution in [3.05, 3.63) is 22.3 Å². The summed E-state index contributed by atoms with van der Waals surface area (Å²) in [6, 6.07) is 1.42. The zero-order chi connectivity index (χ0) is 11.7. The molecule has 0 radical (unpaired) electrons. The van der Waals surface area contributed by atoms with E-state index in [4.69, 9.17) is 21.4 Å². The number of nitrogens with zero attached hydrogens (tertiary/aromatic N) is 1. The SMILES string of the molecule is COc1nc(C2CCC2)c(Cl)cc1C(=O)O. The van der Waals surface area contributed by atoms with E-state index in [1.165, 1.54) is 19.6 Å². The van der Waals surface area contributed by atoms with Gasteiger partial charge in [0.1, 0.15) is 5.56 Å². The second-order valence-electron chi connectivity index (χ2n) is 3.85. The molecule has 4 nitrogen and oxygen atoms in total. The van der Waals surface area contributed by atoms with Crippen LogP contribution in [0.5, 0.6) is 5.88 Å². The van der Waals surface area contributed by atoms with Gasteiger partial charge in [0, 0.05) is 5.92 Å². The van der Waals surface area contributed by atoms with E-state index < -0.39 is 5.97 Å². The molecule has 1 aromatic rings. The zero-order valence-corrected chi connectivity index (χ0v) is 9.62. The van der Waals surface area contributed by atoms with Crippen LogP contribution in [0.4, 0.5) is 0 Å². The molecule has 0 amide bonds. The molecule has 0 aromatic carbocycles. The van der Waals surface area contributed by atoms with Gasteiger partial charge in [0.05, 0.1) is 17.8 Å². The Labute approximate surface area is 98.2 Å². The van der Waals surface area contributed by atoms with E-state index in [0.717, 1.165) is 18.5 Å². The van der Waals surface area contributed by atoms with Crippen molar-refractivity contribution < 1.29 is 14.6 Å². The number of carboxylic acids is 1. The molecule has 16 heavy (non-hydrogen) atoms. The molecule has 2 rings (SSSR count). The number of methoxy groups -OCH3 is 1. The van der Waals surface area contributed by atoms with Gasteiger partial charge in [0.25, 0.3) is 0 Å². The molecular weight excluding hydrogens is 230 g/mol. The summed E-state index contributed by atoms with van der Waals surface area (Å²) >= 11 is 6.03. The molecule has 1 aromatic heterocycles. The topological polar surface area (TPSA) is 59.4 Å². The smallest absolute Gasteiger partial charge is 0.341 e. The highest BCUT2D eigenvalue weighted by Gasteiger charge is 2.26. The Hall–Kier alpha value is -1.29. The van der Waals surface area contributed by atoms with Crippen molar-refractivity contribution in [2.24, 2.45) is 0 Å². The molecule has 1 saturated carbocycles. The van der Waals surface area contributed by atoms with E-state index >= 15 is 0 Å². The van der Waals surface area contributed by atoms with Crippen molar-refractivity contribution >= 4 is 17.6 Å². The van der Waals surface area contributed by atoms with Crippen LogP contribution >= 0.6 is 11.6 Å². The number of pyridine rings is 1. The summed E-state index contributed by atoms with van der Waals surface area (Å²) in [7, 11) is 1.41. The molecule has 0 bridgehead atoms. The lowest BCUT2D eigenvalue weighted by molar-refractivity contribution is 0.0692. The van der Waals surface area contributed by atoms with Crippen LogP contribution in [0.1, 0.15) is 41.2 Å². The van der Waals surface area contributed by atoms with Crippen LogP contribution in [0.2, 0.25) is 5.02 Å². The van der Waals surface area contributed by atoms with Gasteiger partial charge in [-0.05, 0) is 18.9 Å². The third kappa shape index (κ3) is 1.85. The molecule has 0 spiro atoms. The number of carboxylic acid groups (broad SMARTS) is 1. The van der Waals surface area contributed by atoms with Crippen LogP contribution in [0.3, 0.4) is 0 Å². The highest BCUT2D eigenvalue weighted by atomic mass is 35.5. The minimum absolute atomic E-state index is 0.00979. The Morgan fingerprint density at radius 3 is 2.75 bits per heavy atom. The first-order chi connectivity index (χ1) is 7.63. The van der Waals surface area contributed by atoms with Crippen molar-refractivity contribution in [2.75, 3.05) is 7.11 Å². The minimum atomic E-state index is -1.08. The molecule has 0 aliphatic heterocycles. The van der Waals surface area contributed by atoms with Gasteiger partial charge in [-0.3, -0.25) is 0 Å². The Bertz CT molecular complexity index is 429. The maximum atomic E-state index is 10.9. The number of hydrogen-bond acceptors (Lipinski definition) is 3. The number of hydrogen-bond donors (Lipinski definition) is 1. The molecule has 86 valence electrons. The molecule has 1 fully saturated rings. The molecule has 0 unspecified atom stereocenters. The Morgan fingerprint density at radius 1 is 1.62 bits per heavy atom. The first-order valence-corrected chi connectivity index (χ1v) is 5.49. The lowest BCUT2D eigenvalue weighted by Crippen LogP contribution is -2.13. The van der Waals surface area contributed by atoms with Gasteiger partial charge >= 0.3 is 5.97 Å². The van der Waals surface area contributed by atoms with Gasteiger partial charge in [-0.15, -0.1) is 0 Å². The fourth-order valence-corrected chi connectivity index (χ4v) is 2.07. The van der Waals surface area contributed by atoms with Gasteiger partial charge in [0.15, 0.2) is 0 Å². The summed E-state index contributed by atoms with van der Waals surface area (Å²) in [5.41, 5.74) is 0.769. The minimum Gasteiger partial charge on any atom is -0.480 e. The Morgan fingerprint density at radius 2 is 2.31 bits per heavy atom. The quantitative estimate of drug-likeness (QED) is 0.884. The maximum absolute atomic E-state index is 10.9. The van der Waals surface area contributed by atoms with Crippen LogP contribution in [0.25, 0.3) is 0 Å². The van der Waals surface area contributed by atoms with E-state index in [0.29, 0.717) is 10.9 Å². The van der Waals surface area contributed by atoms with Crippen LogP contribution in [0, 0.1) is 0 Å². The fraction of sp³-hybridized carbons (Fsp3) is 0.455. The highest BCUT2D eigenvalue weighted by molar-refractivity contribution is 6.31. The average Bonchev–Trinajstić information content (AvgIpc) is 2.17. The van der Waals surface area contributed by atoms with Crippen LogP contribution in [-0.2, 0) is 0 Å². The number of ether oxygens (including phenoxy) is 1. The van der Waals surface area contributed by atoms with Crippen LogP contribution < -0.4 is 4.74 Å².